The maximum absolute atomic E-state index is 11.3. The van der Waals surface area contributed by atoms with Crippen molar-refractivity contribution in [2.24, 2.45) is 0 Å². The largest absolute Gasteiger partial charge is 0.502 e. The monoisotopic (exact) mass is 253 g/mol. The number of hydrogen-bond acceptors (Lipinski definition) is 5. The Morgan fingerprint density at radius 1 is 1.44 bits per heavy atom. The molecule has 2 rings (SSSR count). The number of aliphatic hydroxyl groups excluding tert-OH is 1. The van der Waals surface area contributed by atoms with Gasteiger partial charge < -0.3 is 14.6 Å². The summed E-state index contributed by atoms with van der Waals surface area (Å²) in [6.07, 6.45) is 5.36. The van der Waals surface area contributed by atoms with E-state index in [1.165, 1.54) is 12.5 Å². The van der Waals surface area contributed by atoms with Gasteiger partial charge in [-0.2, -0.15) is 0 Å². The summed E-state index contributed by atoms with van der Waals surface area (Å²) in [6, 6.07) is 1.86. The van der Waals surface area contributed by atoms with Crippen molar-refractivity contribution in [1.29, 1.82) is 0 Å². The molecule has 18 heavy (non-hydrogen) atoms. The minimum atomic E-state index is -0.410. The standard InChI is InChI=1S/C13H19NO4/c15-6-2-5-14(10-3-1-4-10)8-11-7-12(16)13(17)9-18-11/h7,9-10,15,17H,1-6,8H2. The van der Waals surface area contributed by atoms with Crippen LogP contribution in [0.5, 0.6) is 5.75 Å². The lowest BCUT2D eigenvalue weighted by Crippen LogP contribution is -2.40. The maximum atomic E-state index is 11.3. The summed E-state index contributed by atoms with van der Waals surface area (Å²) in [6.45, 7) is 1.52. The van der Waals surface area contributed by atoms with Crippen molar-refractivity contribution in [3.63, 3.8) is 0 Å². The molecule has 0 saturated heterocycles. The highest BCUT2D eigenvalue weighted by atomic mass is 16.4. The van der Waals surface area contributed by atoms with Gasteiger partial charge in [0.1, 0.15) is 12.0 Å². The normalized spacial score (nSPS) is 15.9. The van der Waals surface area contributed by atoms with Crippen LogP contribution < -0.4 is 5.43 Å². The lowest BCUT2D eigenvalue weighted by atomic mass is 9.91. The van der Waals surface area contributed by atoms with Gasteiger partial charge in [-0.1, -0.05) is 6.42 Å². The highest BCUT2D eigenvalue weighted by Crippen LogP contribution is 2.26. The third-order valence-electron chi connectivity index (χ3n) is 3.42. The molecule has 5 nitrogen and oxygen atoms in total. The number of nitrogens with zero attached hydrogens (tertiary/aromatic N) is 1. The lowest BCUT2D eigenvalue weighted by Gasteiger charge is -2.37. The average molecular weight is 253 g/mol. The summed E-state index contributed by atoms with van der Waals surface area (Å²) < 4.78 is 5.21. The Kier molecular flexibility index (Phi) is 4.38. The zero-order chi connectivity index (χ0) is 13.0. The molecule has 100 valence electrons. The van der Waals surface area contributed by atoms with Gasteiger partial charge in [-0.15, -0.1) is 0 Å². The Bertz CT molecular complexity index is 439. The number of hydrogen-bond donors (Lipinski definition) is 2. The van der Waals surface area contributed by atoms with Crippen LogP contribution in [0.15, 0.2) is 21.5 Å². The first kappa shape index (κ1) is 13.1. The molecular formula is C13H19NO4. The fourth-order valence-corrected chi connectivity index (χ4v) is 2.14. The molecule has 5 heteroatoms. The molecule has 0 unspecified atom stereocenters. The van der Waals surface area contributed by atoms with Gasteiger partial charge >= 0.3 is 0 Å². The summed E-state index contributed by atoms with van der Waals surface area (Å²) in [5.41, 5.74) is -0.410. The van der Waals surface area contributed by atoms with E-state index < -0.39 is 5.43 Å². The van der Waals surface area contributed by atoms with Gasteiger partial charge in [0.15, 0.2) is 5.75 Å². The third kappa shape index (κ3) is 3.11. The second kappa shape index (κ2) is 6.02. The smallest absolute Gasteiger partial charge is 0.226 e. The molecule has 1 saturated carbocycles. The number of rotatable bonds is 6. The quantitative estimate of drug-likeness (QED) is 0.793. The lowest BCUT2D eigenvalue weighted by molar-refractivity contribution is 0.101. The molecule has 1 aromatic rings. The molecule has 1 aliphatic rings. The van der Waals surface area contributed by atoms with Crippen molar-refractivity contribution in [2.75, 3.05) is 13.2 Å². The topological polar surface area (TPSA) is 73.9 Å². The molecular weight excluding hydrogens is 234 g/mol. The van der Waals surface area contributed by atoms with Gasteiger partial charge in [0.05, 0.1) is 6.54 Å². The van der Waals surface area contributed by atoms with Crippen molar-refractivity contribution in [2.45, 2.75) is 38.3 Å². The molecule has 0 aromatic carbocycles. The van der Waals surface area contributed by atoms with Crippen LogP contribution >= 0.6 is 0 Å². The van der Waals surface area contributed by atoms with Crippen LogP contribution in [-0.2, 0) is 6.54 Å². The van der Waals surface area contributed by atoms with E-state index in [1.807, 2.05) is 0 Å². The third-order valence-corrected chi connectivity index (χ3v) is 3.42. The van der Waals surface area contributed by atoms with Crippen molar-refractivity contribution in [3.8, 4) is 5.75 Å². The van der Waals surface area contributed by atoms with Crippen molar-refractivity contribution in [1.82, 2.24) is 4.90 Å². The fraction of sp³-hybridized carbons (Fsp3) is 0.615. The summed E-state index contributed by atoms with van der Waals surface area (Å²) in [7, 11) is 0. The second-order valence-electron chi connectivity index (χ2n) is 4.73. The maximum Gasteiger partial charge on any atom is 0.226 e. The molecule has 0 bridgehead atoms. The van der Waals surface area contributed by atoms with Crippen LogP contribution in [0, 0.1) is 0 Å². The van der Waals surface area contributed by atoms with Crippen LogP contribution in [0.3, 0.4) is 0 Å². The van der Waals surface area contributed by atoms with E-state index in [1.54, 1.807) is 0 Å². The van der Waals surface area contributed by atoms with E-state index in [9.17, 15) is 4.79 Å². The molecule has 0 radical (unpaired) electrons. The van der Waals surface area contributed by atoms with Crippen LogP contribution in [0.1, 0.15) is 31.4 Å². The predicted molar refractivity (Wildman–Crippen MR) is 66.4 cm³/mol. The van der Waals surface area contributed by atoms with Gasteiger partial charge in [0.25, 0.3) is 0 Å². The Labute approximate surface area is 106 Å². The van der Waals surface area contributed by atoms with Crippen molar-refractivity contribution in [3.05, 3.63) is 28.3 Å². The fourth-order valence-electron chi connectivity index (χ4n) is 2.14. The van der Waals surface area contributed by atoms with E-state index in [2.05, 4.69) is 4.90 Å². The first-order valence-electron chi connectivity index (χ1n) is 6.36. The zero-order valence-electron chi connectivity index (χ0n) is 10.3. The van der Waals surface area contributed by atoms with Crippen LogP contribution in [0.25, 0.3) is 0 Å². The average Bonchev–Trinajstić information content (AvgIpc) is 2.28. The van der Waals surface area contributed by atoms with Crippen molar-refractivity contribution < 1.29 is 14.6 Å². The van der Waals surface area contributed by atoms with E-state index in [0.717, 1.165) is 32.1 Å². The SMILES string of the molecule is O=c1cc(CN(CCCO)C2CCC2)occ1O. The molecule has 0 amide bonds. The Morgan fingerprint density at radius 3 is 2.78 bits per heavy atom. The molecule has 1 heterocycles. The van der Waals surface area contributed by atoms with Gasteiger partial charge in [-0.3, -0.25) is 9.69 Å². The van der Waals surface area contributed by atoms with Gasteiger partial charge in [-0.25, -0.2) is 0 Å². The summed E-state index contributed by atoms with van der Waals surface area (Å²) in [5, 5.41) is 18.0. The first-order valence-corrected chi connectivity index (χ1v) is 6.36. The Morgan fingerprint density at radius 2 is 2.22 bits per heavy atom. The van der Waals surface area contributed by atoms with Gasteiger partial charge in [0, 0.05) is 25.3 Å². The second-order valence-corrected chi connectivity index (χ2v) is 4.73. The van der Waals surface area contributed by atoms with Gasteiger partial charge in [0.2, 0.25) is 5.43 Å². The molecule has 0 spiro atoms. The van der Waals surface area contributed by atoms with Crippen molar-refractivity contribution >= 4 is 0 Å². The molecule has 1 aromatic heterocycles. The van der Waals surface area contributed by atoms with Crippen LogP contribution in [0.4, 0.5) is 0 Å². The highest BCUT2D eigenvalue weighted by molar-refractivity contribution is 5.15. The molecule has 1 aliphatic carbocycles. The summed E-state index contributed by atoms with van der Waals surface area (Å²) in [5.74, 6) is 0.201. The Hall–Kier alpha value is -1.33. The minimum absolute atomic E-state index is 0.169. The van der Waals surface area contributed by atoms with E-state index in [4.69, 9.17) is 14.6 Å². The predicted octanol–water partition coefficient (Wildman–Crippen LogP) is 1.08. The first-order chi connectivity index (χ1) is 8.70. The Balaban J connectivity index is 2.02. The van der Waals surface area contributed by atoms with Crippen LogP contribution in [-0.4, -0.2) is 34.3 Å². The van der Waals surface area contributed by atoms with E-state index in [0.29, 0.717) is 18.3 Å². The summed E-state index contributed by atoms with van der Waals surface area (Å²) >= 11 is 0. The highest BCUT2D eigenvalue weighted by Gasteiger charge is 2.25. The molecule has 0 aliphatic heterocycles. The molecule has 1 fully saturated rings. The molecule has 2 N–H and O–H groups in total. The van der Waals surface area contributed by atoms with Crippen LogP contribution in [0.2, 0.25) is 0 Å². The zero-order valence-corrected chi connectivity index (χ0v) is 10.3. The van der Waals surface area contributed by atoms with Gasteiger partial charge in [-0.05, 0) is 19.3 Å². The summed E-state index contributed by atoms with van der Waals surface area (Å²) in [4.78, 5) is 13.6. The van der Waals surface area contributed by atoms with E-state index in [-0.39, 0.29) is 12.4 Å². The van der Waals surface area contributed by atoms with E-state index >= 15 is 0 Å². The molecule has 0 atom stereocenters. The number of aromatic hydroxyl groups is 1. The minimum Gasteiger partial charge on any atom is -0.502 e. The number of aliphatic hydroxyl groups is 1.